The quantitative estimate of drug-likeness (QED) is 0.264. The average molecular weight is 322 g/mol. The van der Waals surface area contributed by atoms with Crippen LogP contribution < -0.4 is 10.6 Å². The maximum Gasteiger partial charge on any atom is 0.339 e. The van der Waals surface area contributed by atoms with Gasteiger partial charge in [0.15, 0.2) is 0 Å². The molecule has 116 valence electrons. The summed E-state index contributed by atoms with van der Waals surface area (Å²) < 4.78 is 4.67. The first-order valence-electron chi connectivity index (χ1n) is 6.52. The number of para-hydroxylation sites is 1. The van der Waals surface area contributed by atoms with Gasteiger partial charge in [0.25, 0.3) is 5.91 Å². The largest absolute Gasteiger partial charge is 0.465 e. The van der Waals surface area contributed by atoms with E-state index >= 15 is 0 Å². The van der Waals surface area contributed by atoms with E-state index in [2.05, 4.69) is 15.4 Å². The van der Waals surface area contributed by atoms with E-state index in [-0.39, 0.29) is 5.57 Å². The number of carbonyl (C=O) groups excluding carboxylic acids is 2. The topological polar surface area (TPSA) is 91.2 Å². The summed E-state index contributed by atoms with van der Waals surface area (Å²) in [7, 11) is 1.28. The number of ether oxygens (including phenoxy) is 1. The maximum absolute atomic E-state index is 11.8. The zero-order chi connectivity index (χ0) is 16.4. The lowest BCUT2D eigenvalue weighted by Crippen LogP contribution is -2.26. The summed E-state index contributed by atoms with van der Waals surface area (Å²) in [5, 5.41) is 14.4. The van der Waals surface area contributed by atoms with Gasteiger partial charge < -0.3 is 15.4 Å². The highest BCUT2D eigenvalue weighted by Crippen LogP contribution is 2.16. The Morgan fingerprint density at radius 2 is 2.14 bits per heavy atom. The molecule has 0 aliphatic heterocycles. The van der Waals surface area contributed by atoms with Crippen molar-refractivity contribution in [3.05, 3.63) is 41.6 Å². The van der Waals surface area contributed by atoms with Crippen molar-refractivity contribution in [3.8, 4) is 6.07 Å². The van der Waals surface area contributed by atoms with Crippen LogP contribution in [-0.2, 0) is 9.53 Å². The van der Waals surface area contributed by atoms with E-state index in [4.69, 9.17) is 16.9 Å². The molecule has 1 rings (SSSR count). The summed E-state index contributed by atoms with van der Waals surface area (Å²) >= 11 is 5.51. The molecule has 1 aromatic rings. The van der Waals surface area contributed by atoms with Crippen LogP contribution in [0.3, 0.4) is 0 Å². The van der Waals surface area contributed by atoms with Crippen molar-refractivity contribution in [2.24, 2.45) is 0 Å². The van der Waals surface area contributed by atoms with E-state index in [1.165, 1.54) is 13.3 Å². The molecular formula is C15H16ClN3O3. The van der Waals surface area contributed by atoms with Crippen LogP contribution in [0.15, 0.2) is 36.0 Å². The number of carbonyl (C=O) groups is 2. The molecule has 1 aromatic carbocycles. The molecule has 0 saturated carbocycles. The van der Waals surface area contributed by atoms with Gasteiger partial charge in [0.05, 0.1) is 18.4 Å². The van der Waals surface area contributed by atoms with Gasteiger partial charge in [-0.25, -0.2) is 4.79 Å². The molecule has 0 heterocycles. The summed E-state index contributed by atoms with van der Waals surface area (Å²) in [6, 6.07) is 8.42. The first kappa shape index (κ1) is 17.5. The number of nitrogens with one attached hydrogen (secondary N) is 2. The number of rotatable bonds is 7. The Hall–Kier alpha value is -2.52. The van der Waals surface area contributed by atoms with Gasteiger partial charge in [0, 0.05) is 18.6 Å². The first-order valence-corrected chi connectivity index (χ1v) is 7.05. The second-order valence-corrected chi connectivity index (χ2v) is 4.53. The Morgan fingerprint density at radius 1 is 1.41 bits per heavy atom. The van der Waals surface area contributed by atoms with Gasteiger partial charge in [-0.1, -0.05) is 12.1 Å². The molecule has 0 aromatic heterocycles. The van der Waals surface area contributed by atoms with Crippen molar-refractivity contribution in [3.63, 3.8) is 0 Å². The second-order valence-electron chi connectivity index (χ2n) is 4.15. The first-order chi connectivity index (χ1) is 10.6. The molecule has 0 aliphatic carbocycles. The van der Waals surface area contributed by atoms with Crippen molar-refractivity contribution in [2.45, 2.75) is 6.42 Å². The predicted octanol–water partition coefficient (Wildman–Crippen LogP) is 2.04. The van der Waals surface area contributed by atoms with E-state index in [1.807, 2.05) is 0 Å². The van der Waals surface area contributed by atoms with Gasteiger partial charge in [-0.3, -0.25) is 4.79 Å². The molecule has 0 atom stereocenters. The Morgan fingerprint density at radius 3 is 2.77 bits per heavy atom. The zero-order valence-corrected chi connectivity index (χ0v) is 12.8. The molecular weight excluding hydrogens is 306 g/mol. The summed E-state index contributed by atoms with van der Waals surface area (Å²) in [6.07, 6.45) is 1.86. The van der Waals surface area contributed by atoms with Crippen LogP contribution >= 0.6 is 11.6 Å². The average Bonchev–Trinajstić information content (AvgIpc) is 2.55. The fourth-order valence-electron chi connectivity index (χ4n) is 1.56. The van der Waals surface area contributed by atoms with Crippen molar-refractivity contribution in [2.75, 3.05) is 24.9 Å². The van der Waals surface area contributed by atoms with Crippen molar-refractivity contribution >= 4 is 29.2 Å². The van der Waals surface area contributed by atoms with E-state index < -0.39 is 11.9 Å². The highest BCUT2D eigenvalue weighted by molar-refractivity contribution is 6.17. The molecule has 0 aliphatic rings. The van der Waals surface area contributed by atoms with Gasteiger partial charge >= 0.3 is 5.97 Å². The molecule has 0 saturated heterocycles. The third kappa shape index (κ3) is 5.11. The van der Waals surface area contributed by atoms with Crippen LogP contribution in [0.4, 0.5) is 5.69 Å². The van der Waals surface area contributed by atoms with Crippen LogP contribution in [0, 0.1) is 11.3 Å². The Balaban J connectivity index is 2.83. The number of halogens is 1. The SMILES string of the molecule is COC(=O)c1ccccc1N/C=C(/C#N)C(=O)NCCCCl. The van der Waals surface area contributed by atoms with Crippen molar-refractivity contribution in [1.82, 2.24) is 5.32 Å². The van der Waals surface area contributed by atoms with Gasteiger partial charge in [0.1, 0.15) is 11.6 Å². The minimum atomic E-state index is -0.512. The second kappa shape index (κ2) is 9.42. The van der Waals surface area contributed by atoms with Gasteiger partial charge in [0.2, 0.25) is 0 Å². The summed E-state index contributed by atoms with van der Waals surface area (Å²) in [6.45, 7) is 0.389. The van der Waals surface area contributed by atoms with Gasteiger partial charge in [-0.05, 0) is 18.6 Å². The van der Waals surface area contributed by atoms with E-state index in [9.17, 15) is 9.59 Å². The number of hydrogen-bond donors (Lipinski definition) is 2. The number of esters is 1. The lowest BCUT2D eigenvalue weighted by molar-refractivity contribution is -0.117. The number of hydrogen-bond acceptors (Lipinski definition) is 5. The predicted molar refractivity (Wildman–Crippen MR) is 83.4 cm³/mol. The molecule has 2 N–H and O–H groups in total. The Kier molecular flexibility index (Phi) is 7.51. The number of amides is 1. The van der Waals surface area contributed by atoms with Crippen LogP contribution in [0.5, 0.6) is 0 Å². The van der Waals surface area contributed by atoms with Crippen molar-refractivity contribution in [1.29, 1.82) is 5.26 Å². The lowest BCUT2D eigenvalue weighted by atomic mass is 10.2. The summed E-state index contributed by atoms with van der Waals surface area (Å²) in [5.41, 5.74) is 0.644. The third-order valence-electron chi connectivity index (χ3n) is 2.67. The fourth-order valence-corrected chi connectivity index (χ4v) is 1.69. The van der Waals surface area contributed by atoms with E-state index in [0.717, 1.165) is 0 Å². The minimum absolute atomic E-state index is 0.103. The number of nitrogens with zero attached hydrogens (tertiary/aromatic N) is 1. The highest BCUT2D eigenvalue weighted by Gasteiger charge is 2.12. The normalized spacial score (nSPS) is 10.5. The lowest BCUT2D eigenvalue weighted by Gasteiger charge is -2.08. The van der Waals surface area contributed by atoms with Gasteiger partial charge in [-0.15, -0.1) is 11.6 Å². The number of nitriles is 1. The van der Waals surface area contributed by atoms with Gasteiger partial charge in [-0.2, -0.15) is 5.26 Å². The number of benzene rings is 1. The summed E-state index contributed by atoms with van der Waals surface area (Å²) in [5.74, 6) is -0.589. The number of alkyl halides is 1. The molecule has 0 radical (unpaired) electrons. The van der Waals surface area contributed by atoms with E-state index in [1.54, 1.807) is 30.3 Å². The molecule has 0 bridgehead atoms. The molecule has 6 nitrogen and oxygen atoms in total. The maximum atomic E-state index is 11.8. The minimum Gasteiger partial charge on any atom is -0.465 e. The van der Waals surface area contributed by atoms with Crippen LogP contribution in [0.1, 0.15) is 16.8 Å². The molecule has 1 amide bonds. The molecule has 7 heteroatoms. The summed E-state index contributed by atoms with van der Waals surface area (Å²) in [4.78, 5) is 23.4. The van der Waals surface area contributed by atoms with Crippen molar-refractivity contribution < 1.29 is 14.3 Å². The highest BCUT2D eigenvalue weighted by atomic mass is 35.5. The van der Waals surface area contributed by atoms with Crippen LogP contribution in [0.2, 0.25) is 0 Å². The Labute approximate surface area is 133 Å². The molecule has 0 spiro atoms. The van der Waals surface area contributed by atoms with Crippen LogP contribution in [0.25, 0.3) is 0 Å². The monoisotopic (exact) mass is 321 g/mol. The molecule has 22 heavy (non-hydrogen) atoms. The fraction of sp³-hybridized carbons (Fsp3) is 0.267. The Bertz CT molecular complexity index is 608. The molecule has 0 unspecified atom stereocenters. The number of anilines is 1. The van der Waals surface area contributed by atoms with E-state index in [0.29, 0.717) is 30.1 Å². The third-order valence-corrected chi connectivity index (χ3v) is 2.93. The molecule has 0 fully saturated rings. The standard InChI is InChI=1S/C15H16ClN3O3/c1-22-15(21)12-5-2-3-6-13(12)19-10-11(9-17)14(20)18-8-4-7-16/h2-3,5-6,10,19H,4,7-8H2,1H3,(H,18,20)/b11-10-. The van der Waals surface area contributed by atoms with Crippen LogP contribution in [-0.4, -0.2) is 31.4 Å². The number of methoxy groups -OCH3 is 1. The smallest absolute Gasteiger partial charge is 0.339 e. The zero-order valence-electron chi connectivity index (χ0n) is 12.1.